The summed E-state index contributed by atoms with van der Waals surface area (Å²) in [5, 5.41) is 3.33. The monoisotopic (exact) mass is 355 g/mol. The highest BCUT2D eigenvalue weighted by atomic mass is 19.1. The van der Waals surface area contributed by atoms with Crippen LogP contribution < -0.4 is 11.1 Å². The van der Waals surface area contributed by atoms with Gasteiger partial charge in [0.1, 0.15) is 17.7 Å². The van der Waals surface area contributed by atoms with Crippen LogP contribution in [0.2, 0.25) is 0 Å². The van der Waals surface area contributed by atoms with Crippen LogP contribution in [0.4, 0.5) is 8.78 Å². The maximum atomic E-state index is 13.3. The first kappa shape index (κ1) is 17.5. The number of amides is 2. The first-order chi connectivity index (χ1) is 12.4. The lowest BCUT2D eigenvalue weighted by Gasteiger charge is -2.15. The van der Waals surface area contributed by atoms with Crippen LogP contribution in [-0.2, 0) is 11.2 Å². The molecule has 26 heavy (non-hydrogen) atoms. The highest BCUT2D eigenvalue weighted by Crippen LogP contribution is 2.13. The van der Waals surface area contributed by atoms with Gasteiger partial charge in [0, 0.05) is 29.1 Å². The number of carbonyl (C=O) groups is 2. The molecule has 0 aliphatic carbocycles. The third-order valence-electron chi connectivity index (χ3n) is 3.84. The van der Waals surface area contributed by atoms with Crippen molar-refractivity contribution >= 4 is 22.7 Å². The lowest BCUT2D eigenvalue weighted by Crippen LogP contribution is -2.46. The number of rotatable bonds is 5. The smallest absolute Gasteiger partial charge is 0.252 e. The number of aromatic nitrogens is 1. The predicted octanol–water partition coefficient (Wildman–Crippen LogP) is 2.34. The standard InChI is InChI=1S/C19H15F2N3O2/c20-13-7-12(8-14(21)9-13)19(26)24-17(18(22)25)10-15-6-5-11-3-1-2-4-16(11)23-15/h1-9,17H,10H2,(H2,22,25)(H,24,26)/t17-/m1/s1. The molecule has 0 spiro atoms. The molecule has 0 saturated carbocycles. The minimum Gasteiger partial charge on any atom is -0.368 e. The molecule has 0 unspecified atom stereocenters. The van der Waals surface area contributed by atoms with Crippen LogP contribution in [0.15, 0.2) is 54.6 Å². The fourth-order valence-electron chi connectivity index (χ4n) is 2.58. The molecule has 1 atom stereocenters. The van der Waals surface area contributed by atoms with Gasteiger partial charge in [-0.05, 0) is 24.3 Å². The Hall–Kier alpha value is -3.35. The van der Waals surface area contributed by atoms with Crippen LogP contribution in [0.25, 0.3) is 10.9 Å². The Labute approximate surface area is 147 Å². The average molecular weight is 355 g/mol. The topological polar surface area (TPSA) is 85.1 Å². The molecule has 3 rings (SSSR count). The number of carbonyl (C=O) groups excluding carboxylic acids is 2. The van der Waals surface area contributed by atoms with Gasteiger partial charge in [0.15, 0.2) is 0 Å². The molecule has 132 valence electrons. The Bertz CT molecular complexity index is 971. The number of nitrogens with zero attached hydrogens (tertiary/aromatic N) is 1. The maximum Gasteiger partial charge on any atom is 0.252 e. The van der Waals surface area contributed by atoms with Gasteiger partial charge in [-0.25, -0.2) is 8.78 Å². The van der Waals surface area contributed by atoms with Crippen LogP contribution in [0.3, 0.4) is 0 Å². The van der Waals surface area contributed by atoms with Gasteiger partial charge in [0.25, 0.3) is 5.91 Å². The van der Waals surface area contributed by atoms with Gasteiger partial charge in [-0.2, -0.15) is 0 Å². The SMILES string of the molecule is NC(=O)[C@@H](Cc1ccc2ccccc2n1)NC(=O)c1cc(F)cc(F)c1. The van der Waals surface area contributed by atoms with Crippen molar-refractivity contribution in [1.82, 2.24) is 10.3 Å². The van der Waals surface area contributed by atoms with Crippen LogP contribution in [-0.4, -0.2) is 22.8 Å². The summed E-state index contributed by atoms with van der Waals surface area (Å²) in [6.07, 6.45) is 0.0592. The predicted molar refractivity (Wildman–Crippen MR) is 92.3 cm³/mol. The van der Waals surface area contributed by atoms with Crippen LogP contribution in [0.5, 0.6) is 0 Å². The van der Waals surface area contributed by atoms with E-state index in [4.69, 9.17) is 5.73 Å². The summed E-state index contributed by atoms with van der Waals surface area (Å²) in [5.74, 6) is -3.35. The van der Waals surface area contributed by atoms with E-state index in [1.165, 1.54) is 0 Å². The number of hydrogen-bond acceptors (Lipinski definition) is 3. The van der Waals surface area contributed by atoms with Crippen LogP contribution >= 0.6 is 0 Å². The normalized spacial score (nSPS) is 11.9. The number of fused-ring (bicyclic) bond motifs is 1. The highest BCUT2D eigenvalue weighted by molar-refractivity contribution is 5.97. The minimum atomic E-state index is -1.07. The molecule has 0 aliphatic rings. The first-order valence-corrected chi connectivity index (χ1v) is 7.83. The molecule has 2 amide bonds. The summed E-state index contributed by atoms with van der Waals surface area (Å²) < 4.78 is 26.5. The second-order valence-corrected chi connectivity index (χ2v) is 5.79. The van der Waals surface area contributed by atoms with Gasteiger partial charge in [0.2, 0.25) is 5.91 Å². The molecule has 0 radical (unpaired) electrons. The van der Waals surface area contributed by atoms with Crippen LogP contribution in [0.1, 0.15) is 16.1 Å². The molecule has 1 heterocycles. The number of nitrogens with one attached hydrogen (secondary N) is 1. The van der Waals surface area contributed by atoms with Crippen molar-refractivity contribution in [3.63, 3.8) is 0 Å². The van der Waals surface area contributed by atoms with Gasteiger partial charge in [-0.3, -0.25) is 14.6 Å². The van der Waals surface area contributed by atoms with E-state index in [0.717, 1.165) is 23.0 Å². The lowest BCUT2D eigenvalue weighted by atomic mass is 10.1. The Morgan fingerprint density at radius 1 is 1.04 bits per heavy atom. The van der Waals surface area contributed by atoms with Crippen LogP contribution in [0, 0.1) is 11.6 Å². The number of halogens is 2. The fourth-order valence-corrected chi connectivity index (χ4v) is 2.58. The van der Waals surface area contributed by atoms with E-state index < -0.39 is 29.5 Å². The van der Waals surface area contributed by atoms with E-state index in [1.54, 1.807) is 6.07 Å². The third-order valence-corrected chi connectivity index (χ3v) is 3.84. The zero-order valence-corrected chi connectivity index (χ0v) is 13.6. The number of pyridine rings is 1. The number of benzene rings is 2. The molecule has 3 N–H and O–H groups in total. The molecule has 3 aromatic rings. The largest absolute Gasteiger partial charge is 0.368 e. The van der Waals surface area contributed by atoms with Crippen molar-refractivity contribution in [3.05, 3.63) is 77.5 Å². The molecule has 2 aromatic carbocycles. The molecule has 0 aliphatic heterocycles. The summed E-state index contributed by atoms with van der Waals surface area (Å²) in [6, 6.07) is 12.4. The molecular formula is C19H15F2N3O2. The summed E-state index contributed by atoms with van der Waals surface area (Å²) in [5.41, 5.74) is 6.41. The Morgan fingerprint density at radius 3 is 2.42 bits per heavy atom. The Morgan fingerprint density at radius 2 is 1.73 bits per heavy atom. The second-order valence-electron chi connectivity index (χ2n) is 5.79. The van der Waals surface area contributed by atoms with Gasteiger partial charge < -0.3 is 11.1 Å². The quantitative estimate of drug-likeness (QED) is 0.737. The van der Waals surface area contributed by atoms with Crippen molar-refractivity contribution in [3.8, 4) is 0 Å². The molecule has 0 saturated heterocycles. The zero-order chi connectivity index (χ0) is 18.7. The Balaban J connectivity index is 1.80. The van der Waals surface area contributed by atoms with E-state index in [-0.39, 0.29) is 12.0 Å². The zero-order valence-electron chi connectivity index (χ0n) is 13.6. The summed E-state index contributed by atoms with van der Waals surface area (Å²) in [6.45, 7) is 0. The summed E-state index contributed by atoms with van der Waals surface area (Å²) >= 11 is 0. The average Bonchev–Trinajstić information content (AvgIpc) is 2.60. The fraction of sp³-hybridized carbons (Fsp3) is 0.105. The maximum absolute atomic E-state index is 13.3. The molecule has 7 heteroatoms. The first-order valence-electron chi connectivity index (χ1n) is 7.83. The molecule has 0 fully saturated rings. The number of primary amides is 1. The van der Waals surface area contributed by atoms with Crippen molar-refractivity contribution < 1.29 is 18.4 Å². The van der Waals surface area contributed by atoms with E-state index in [1.807, 2.05) is 30.3 Å². The molecular weight excluding hydrogens is 340 g/mol. The third kappa shape index (κ3) is 4.00. The molecule has 0 bridgehead atoms. The lowest BCUT2D eigenvalue weighted by molar-refractivity contribution is -0.119. The van der Waals surface area contributed by atoms with Crippen molar-refractivity contribution in [1.29, 1.82) is 0 Å². The molecule has 1 aromatic heterocycles. The van der Waals surface area contributed by atoms with Gasteiger partial charge >= 0.3 is 0 Å². The second kappa shape index (κ2) is 7.26. The molecule has 5 nitrogen and oxygen atoms in total. The van der Waals surface area contributed by atoms with Gasteiger partial charge in [-0.1, -0.05) is 24.3 Å². The van der Waals surface area contributed by atoms with Crippen molar-refractivity contribution in [2.75, 3.05) is 0 Å². The minimum absolute atomic E-state index is 0.0592. The van der Waals surface area contributed by atoms with Crippen molar-refractivity contribution in [2.45, 2.75) is 12.5 Å². The highest BCUT2D eigenvalue weighted by Gasteiger charge is 2.21. The Kier molecular flexibility index (Phi) is 4.88. The van der Waals surface area contributed by atoms with Crippen molar-refractivity contribution in [2.24, 2.45) is 5.73 Å². The number of para-hydroxylation sites is 1. The van der Waals surface area contributed by atoms with Gasteiger partial charge in [-0.15, -0.1) is 0 Å². The van der Waals surface area contributed by atoms with E-state index in [0.29, 0.717) is 11.8 Å². The van der Waals surface area contributed by atoms with E-state index in [2.05, 4.69) is 10.3 Å². The summed E-state index contributed by atoms with van der Waals surface area (Å²) in [4.78, 5) is 28.3. The number of nitrogens with two attached hydrogens (primary N) is 1. The number of hydrogen-bond donors (Lipinski definition) is 2. The summed E-state index contributed by atoms with van der Waals surface area (Å²) in [7, 11) is 0. The van der Waals surface area contributed by atoms with E-state index in [9.17, 15) is 18.4 Å². The van der Waals surface area contributed by atoms with Gasteiger partial charge in [0.05, 0.1) is 5.52 Å². The van der Waals surface area contributed by atoms with E-state index >= 15 is 0 Å².